The van der Waals surface area contributed by atoms with E-state index >= 15 is 0 Å². The van der Waals surface area contributed by atoms with Crippen molar-refractivity contribution < 1.29 is 18.0 Å². The number of rotatable bonds is 5. The zero-order valence-corrected chi connectivity index (χ0v) is 20.5. The van der Waals surface area contributed by atoms with Crippen molar-refractivity contribution in [2.45, 2.75) is 25.4 Å². The molecule has 0 aliphatic heterocycles. The van der Waals surface area contributed by atoms with E-state index in [4.69, 9.17) is 47.0 Å². The summed E-state index contributed by atoms with van der Waals surface area (Å²) in [5.74, 6) is -2.41. The second kappa shape index (κ2) is 11.0. The number of nitrogens with one attached hydrogen (secondary N) is 2. The van der Waals surface area contributed by atoms with Gasteiger partial charge in [0.1, 0.15) is 0 Å². The number of carbonyl (C=O) groups excluding carboxylic acids is 1. The molecule has 0 spiro atoms. The summed E-state index contributed by atoms with van der Waals surface area (Å²) in [5.41, 5.74) is 5.64. The molecule has 0 aliphatic rings. The van der Waals surface area contributed by atoms with Crippen LogP contribution < -0.4 is 10.9 Å². The number of hydrogen-bond acceptors (Lipinski definition) is 2. The third-order valence-corrected chi connectivity index (χ3v) is 6.32. The average Bonchev–Trinajstić information content (AvgIpc) is 2.69. The smallest absolute Gasteiger partial charge is 0.292 e. The summed E-state index contributed by atoms with van der Waals surface area (Å²) in [7, 11) is 0. The van der Waals surface area contributed by atoms with Crippen LogP contribution in [0.2, 0.25) is 15.1 Å². The molecule has 1 unspecified atom stereocenters. The van der Waals surface area contributed by atoms with E-state index in [9.17, 15) is 18.0 Å². The van der Waals surface area contributed by atoms with Crippen molar-refractivity contribution in [3.8, 4) is 0 Å². The highest BCUT2D eigenvalue weighted by atomic mass is 79.9. The first-order valence-corrected chi connectivity index (χ1v) is 11.1. The minimum Gasteiger partial charge on any atom is -0.292 e. The van der Waals surface area contributed by atoms with Crippen LogP contribution in [-0.4, -0.2) is 17.1 Å². The largest absolute Gasteiger partial charge is 0.399 e. The van der Waals surface area contributed by atoms with Crippen molar-refractivity contribution in [1.29, 1.82) is 0 Å². The van der Waals surface area contributed by atoms with Gasteiger partial charge in [0.05, 0.1) is 31.5 Å². The van der Waals surface area contributed by atoms with Gasteiger partial charge in [0, 0.05) is 4.47 Å². The Morgan fingerprint density at radius 1 is 1.16 bits per heavy atom. The summed E-state index contributed by atoms with van der Waals surface area (Å²) in [4.78, 5) is 12.7. The summed E-state index contributed by atoms with van der Waals surface area (Å²) in [6.07, 6.45) is -1.74. The molecule has 0 saturated carbocycles. The van der Waals surface area contributed by atoms with Crippen molar-refractivity contribution in [2.75, 3.05) is 0 Å². The van der Waals surface area contributed by atoms with E-state index < -0.39 is 18.0 Å². The van der Waals surface area contributed by atoms with E-state index in [-0.39, 0.29) is 26.2 Å². The van der Waals surface area contributed by atoms with Crippen LogP contribution in [0.15, 0.2) is 40.9 Å². The maximum absolute atomic E-state index is 13.7. The Balaban J connectivity index is 2.28. The highest BCUT2D eigenvalue weighted by Crippen LogP contribution is 2.41. The Bertz CT molecular complexity index is 1010. The van der Waals surface area contributed by atoms with E-state index in [1.54, 1.807) is 0 Å². The first kappa shape index (κ1) is 25.9. The standard InChI is InChI=1S/C20H15BrCl3F3N2OS/c1-2-17(31)28-29-19(30)12-5-3-10(7-14(12)21)4-6-13(20(25,26)27)11-8-15(22)18(24)16(23)9-11/h3-9,13H,2H2,1H3,(H,28,31)(H,29,30). The topological polar surface area (TPSA) is 41.1 Å². The van der Waals surface area contributed by atoms with Gasteiger partial charge in [0.15, 0.2) is 0 Å². The molecule has 0 radical (unpaired) electrons. The molecule has 0 heterocycles. The fourth-order valence-corrected chi connectivity index (χ4v) is 3.71. The molecule has 2 aromatic rings. The normalized spacial score (nSPS) is 12.6. The number of allylic oxidation sites excluding steroid dienone is 1. The summed E-state index contributed by atoms with van der Waals surface area (Å²) < 4.78 is 41.4. The quantitative estimate of drug-likeness (QED) is 0.218. The molecule has 1 atom stereocenters. The summed E-state index contributed by atoms with van der Waals surface area (Å²) in [5, 5.41) is -0.147. The van der Waals surface area contributed by atoms with Crippen LogP contribution in [0.1, 0.15) is 40.7 Å². The molecule has 2 N–H and O–H groups in total. The van der Waals surface area contributed by atoms with Crippen LogP contribution in [0.5, 0.6) is 0 Å². The molecule has 1 amide bonds. The van der Waals surface area contributed by atoms with Crippen LogP contribution in [0.3, 0.4) is 0 Å². The number of thiocarbonyl (C=S) groups is 1. The molecule has 31 heavy (non-hydrogen) atoms. The van der Waals surface area contributed by atoms with Crippen molar-refractivity contribution >= 4 is 79.9 Å². The van der Waals surface area contributed by atoms with Gasteiger partial charge in [-0.1, -0.05) is 72.2 Å². The second-order valence-electron chi connectivity index (χ2n) is 6.27. The molecule has 0 aromatic heterocycles. The number of hydrogen-bond donors (Lipinski definition) is 2. The van der Waals surface area contributed by atoms with Crippen LogP contribution in [-0.2, 0) is 0 Å². The predicted molar refractivity (Wildman–Crippen MR) is 127 cm³/mol. The summed E-state index contributed by atoms with van der Waals surface area (Å²) in [6, 6.07) is 6.79. The van der Waals surface area contributed by atoms with Gasteiger partial charge in [-0.25, -0.2) is 0 Å². The fourth-order valence-electron chi connectivity index (χ4n) is 2.47. The third-order valence-electron chi connectivity index (χ3n) is 4.07. The zero-order valence-electron chi connectivity index (χ0n) is 15.8. The van der Waals surface area contributed by atoms with E-state index in [2.05, 4.69) is 26.8 Å². The van der Waals surface area contributed by atoms with Gasteiger partial charge in [-0.15, -0.1) is 0 Å². The number of carbonyl (C=O) groups is 1. The number of benzene rings is 2. The molecular formula is C20H15BrCl3F3N2OS. The van der Waals surface area contributed by atoms with Gasteiger partial charge >= 0.3 is 6.18 Å². The van der Waals surface area contributed by atoms with Crippen molar-refractivity contribution in [3.05, 3.63) is 72.6 Å². The van der Waals surface area contributed by atoms with Crippen LogP contribution >= 0.6 is 63.0 Å². The van der Waals surface area contributed by atoms with E-state index in [1.807, 2.05) is 6.92 Å². The number of hydrazine groups is 1. The van der Waals surface area contributed by atoms with Crippen molar-refractivity contribution in [3.63, 3.8) is 0 Å². The van der Waals surface area contributed by atoms with Crippen LogP contribution in [0.25, 0.3) is 6.08 Å². The third kappa shape index (κ3) is 7.08. The molecule has 0 aliphatic carbocycles. The average molecular weight is 575 g/mol. The Morgan fingerprint density at radius 2 is 1.77 bits per heavy atom. The Labute approximate surface area is 206 Å². The lowest BCUT2D eigenvalue weighted by molar-refractivity contribution is -0.139. The van der Waals surface area contributed by atoms with Crippen LogP contribution in [0, 0.1) is 0 Å². The van der Waals surface area contributed by atoms with Gasteiger partial charge in [0.2, 0.25) is 0 Å². The van der Waals surface area contributed by atoms with Crippen LogP contribution in [0.4, 0.5) is 13.2 Å². The lowest BCUT2D eigenvalue weighted by Gasteiger charge is -2.18. The predicted octanol–water partition coefficient (Wildman–Crippen LogP) is 7.74. The van der Waals surface area contributed by atoms with E-state index in [0.717, 1.165) is 18.2 Å². The Morgan fingerprint density at radius 3 is 2.29 bits per heavy atom. The molecule has 2 rings (SSSR count). The molecular weight excluding hydrogens is 560 g/mol. The number of amides is 1. The highest BCUT2D eigenvalue weighted by molar-refractivity contribution is 9.10. The zero-order chi connectivity index (χ0) is 23.3. The SMILES string of the molecule is CCC(=S)NNC(=O)c1ccc(C=CC(c2cc(Cl)c(Cl)c(Cl)c2)C(F)(F)F)cc1Br. The maximum Gasteiger partial charge on any atom is 0.399 e. The van der Waals surface area contributed by atoms with E-state index in [1.165, 1.54) is 24.3 Å². The first-order chi connectivity index (χ1) is 14.4. The number of halogens is 7. The minimum absolute atomic E-state index is 0.0102. The molecule has 0 bridgehead atoms. The molecule has 0 saturated heterocycles. The number of alkyl halides is 3. The molecule has 11 heteroatoms. The van der Waals surface area contributed by atoms with Gasteiger partial charge in [-0.2, -0.15) is 13.2 Å². The highest BCUT2D eigenvalue weighted by Gasteiger charge is 2.39. The molecule has 2 aromatic carbocycles. The summed E-state index contributed by atoms with van der Waals surface area (Å²) >= 11 is 25.8. The lowest BCUT2D eigenvalue weighted by Crippen LogP contribution is -2.40. The maximum atomic E-state index is 13.7. The summed E-state index contributed by atoms with van der Waals surface area (Å²) in [6.45, 7) is 1.83. The Hall–Kier alpha value is -1.32. The molecule has 3 nitrogen and oxygen atoms in total. The Kier molecular flexibility index (Phi) is 9.21. The van der Waals surface area contributed by atoms with Gasteiger partial charge < -0.3 is 0 Å². The lowest BCUT2D eigenvalue weighted by atomic mass is 9.97. The van der Waals surface area contributed by atoms with Gasteiger partial charge in [0.25, 0.3) is 5.91 Å². The van der Waals surface area contributed by atoms with E-state index in [0.29, 0.717) is 21.4 Å². The monoisotopic (exact) mass is 572 g/mol. The second-order valence-corrected chi connectivity index (χ2v) is 8.81. The molecule has 166 valence electrons. The molecule has 0 fully saturated rings. The van der Waals surface area contributed by atoms with Crippen molar-refractivity contribution in [1.82, 2.24) is 10.9 Å². The fraction of sp³-hybridized carbons (Fsp3) is 0.200. The van der Waals surface area contributed by atoms with Crippen molar-refractivity contribution in [2.24, 2.45) is 0 Å². The minimum atomic E-state index is -4.59. The van der Waals surface area contributed by atoms with Gasteiger partial charge in [-0.3, -0.25) is 15.6 Å². The van der Waals surface area contributed by atoms with Gasteiger partial charge in [-0.05, 0) is 57.7 Å². The first-order valence-electron chi connectivity index (χ1n) is 8.72.